The maximum Gasteiger partial charge on any atom is 0.263 e. The van der Waals surface area contributed by atoms with Crippen LogP contribution in [0.2, 0.25) is 0 Å². The third-order valence-electron chi connectivity index (χ3n) is 3.51. The summed E-state index contributed by atoms with van der Waals surface area (Å²) in [5.74, 6) is -0.305. The van der Waals surface area contributed by atoms with Crippen LogP contribution in [-0.2, 0) is 0 Å². The van der Waals surface area contributed by atoms with Gasteiger partial charge < -0.3 is 10.1 Å². The molecule has 0 unspecified atom stereocenters. The zero-order chi connectivity index (χ0) is 14.8. The van der Waals surface area contributed by atoms with Gasteiger partial charge in [-0.05, 0) is 25.8 Å². The predicted octanol–water partition coefficient (Wildman–Crippen LogP) is 3.23. The number of thiazole rings is 1. The molecule has 2 aromatic rings. The molecule has 0 aliphatic carbocycles. The van der Waals surface area contributed by atoms with E-state index >= 15 is 0 Å². The second-order valence-corrected chi connectivity index (χ2v) is 5.80. The smallest absolute Gasteiger partial charge is 0.263 e. The molecule has 21 heavy (non-hydrogen) atoms. The molecule has 0 saturated carbocycles. The van der Waals surface area contributed by atoms with Gasteiger partial charge in [-0.1, -0.05) is 12.1 Å². The average Bonchev–Trinajstić information content (AvgIpc) is 2.78. The van der Waals surface area contributed by atoms with E-state index in [2.05, 4.69) is 10.3 Å². The maximum absolute atomic E-state index is 13.9. The Bertz CT molecular complexity index is 671. The summed E-state index contributed by atoms with van der Waals surface area (Å²) in [5, 5.41) is 2.97. The number of hydrogen-bond donors (Lipinski definition) is 1. The van der Waals surface area contributed by atoms with E-state index in [9.17, 15) is 9.18 Å². The number of nitrogens with one attached hydrogen (secondary N) is 1. The lowest BCUT2D eigenvalue weighted by Crippen LogP contribution is -2.28. The normalized spacial score (nSPS) is 17.5. The molecule has 1 aliphatic rings. The van der Waals surface area contributed by atoms with Crippen LogP contribution >= 0.6 is 11.3 Å². The van der Waals surface area contributed by atoms with Crippen LogP contribution in [0.3, 0.4) is 0 Å². The van der Waals surface area contributed by atoms with Crippen molar-refractivity contribution in [2.45, 2.75) is 25.8 Å². The molecule has 0 bridgehead atoms. The highest BCUT2D eigenvalue weighted by molar-refractivity contribution is 7.11. The van der Waals surface area contributed by atoms with Crippen LogP contribution in [0, 0.1) is 12.7 Å². The Morgan fingerprint density at radius 2 is 2.38 bits per heavy atom. The molecule has 4 nitrogen and oxygen atoms in total. The first kappa shape index (κ1) is 14.0. The molecule has 3 rings (SSSR count). The van der Waals surface area contributed by atoms with Gasteiger partial charge in [-0.15, -0.1) is 11.3 Å². The zero-order valence-electron chi connectivity index (χ0n) is 11.6. The minimum absolute atomic E-state index is 0.169. The first-order chi connectivity index (χ1) is 10.2. The van der Waals surface area contributed by atoms with Gasteiger partial charge in [-0.25, -0.2) is 9.37 Å². The molecule has 6 heteroatoms. The van der Waals surface area contributed by atoms with E-state index in [4.69, 9.17) is 4.74 Å². The zero-order valence-corrected chi connectivity index (χ0v) is 12.4. The number of amides is 1. The predicted molar refractivity (Wildman–Crippen MR) is 78.2 cm³/mol. The van der Waals surface area contributed by atoms with E-state index in [1.54, 1.807) is 24.6 Å². The van der Waals surface area contributed by atoms with Gasteiger partial charge in [0, 0.05) is 5.56 Å². The molecule has 1 aromatic carbocycles. The minimum Gasteiger partial charge on any atom is -0.490 e. The van der Waals surface area contributed by atoms with Crippen LogP contribution < -0.4 is 10.1 Å². The SMILES string of the molecule is Cc1ncsc1C(=O)N[C@H]1CCCOc2c(F)cccc21. The molecule has 1 aromatic heterocycles. The fraction of sp³-hybridized carbons (Fsp3) is 0.333. The molecule has 0 saturated heterocycles. The van der Waals surface area contributed by atoms with E-state index in [-0.39, 0.29) is 23.5 Å². The molecule has 1 amide bonds. The summed E-state index contributed by atoms with van der Waals surface area (Å²) >= 11 is 1.31. The quantitative estimate of drug-likeness (QED) is 0.926. The number of ether oxygens (including phenoxy) is 1. The Morgan fingerprint density at radius 1 is 1.52 bits per heavy atom. The topological polar surface area (TPSA) is 51.2 Å². The number of rotatable bonds is 2. The van der Waals surface area contributed by atoms with Gasteiger partial charge in [-0.3, -0.25) is 4.79 Å². The number of para-hydroxylation sites is 1. The lowest BCUT2D eigenvalue weighted by molar-refractivity contribution is 0.0938. The molecule has 0 fully saturated rings. The van der Waals surface area contributed by atoms with Gasteiger partial charge >= 0.3 is 0 Å². The van der Waals surface area contributed by atoms with Crippen molar-refractivity contribution in [3.8, 4) is 5.75 Å². The molecule has 1 atom stereocenters. The van der Waals surface area contributed by atoms with Crippen LogP contribution in [0.15, 0.2) is 23.7 Å². The van der Waals surface area contributed by atoms with Gasteiger partial charge in [-0.2, -0.15) is 0 Å². The monoisotopic (exact) mass is 306 g/mol. The lowest BCUT2D eigenvalue weighted by atomic mass is 10.0. The van der Waals surface area contributed by atoms with Gasteiger partial charge in [0.1, 0.15) is 4.88 Å². The van der Waals surface area contributed by atoms with Gasteiger partial charge in [0.15, 0.2) is 11.6 Å². The summed E-state index contributed by atoms with van der Waals surface area (Å²) in [5.41, 5.74) is 3.05. The van der Waals surface area contributed by atoms with Gasteiger partial charge in [0.05, 0.1) is 23.9 Å². The highest BCUT2D eigenvalue weighted by atomic mass is 32.1. The number of halogens is 1. The Morgan fingerprint density at radius 3 is 3.14 bits per heavy atom. The van der Waals surface area contributed by atoms with E-state index in [0.29, 0.717) is 22.7 Å². The summed E-state index contributed by atoms with van der Waals surface area (Å²) in [6.45, 7) is 2.26. The molecule has 0 spiro atoms. The minimum atomic E-state index is -0.386. The van der Waals surface area contributed by atoms with Crippen LogP contribution in [0.1, 0.15) is 39.8 Å². The van der Waals surface area contributed by atoms with E-state index in [1.165, 1.54) is 17.4 Å². The first-order valence-electron chi connectivity index (χ1n) is 6.79. The highest BCUT2D eigenvalue weighted by Crippen LogP contribution is 2.33. The Kier molecular flexibility index (Phi) is 3.88. The number of aromatic nitrogens is 1. The molecule has 1 aliphatic heterocycles. The number of carbonyl (C=O) groups is 1. The molecular weight excluding hydrogens is 291 g/mol. The van der Waals surface area contributed by atoms with E-state index in [1.807, 2.05) is 0 Å². The summed E-state index contributed by atoms with van der Waals surface area (Å²) in [7, 11) is 0. The third kappa shape index (κ3) is 2.76. The van der Waals surface area contributed by atoms with Gasteiger partial charge in [0.25, 0.3) is 5.91 Å². The molecule has 1 N–H and O–H groups in total. The van der Waals surface area contributed by atoms with Crippen LogP contribution in [0.25, 0.3) is 0 Å². The maximum atomic E-state index is 13.9. The van der Waals surface area contributed by atoms with Crippen LogP contribution in [-0.4, -0.2) is 17.5 Å². The van der Waals surface area contributed by atoms with Gasteiger partial charge in [0.2, 0.25) is 0 Å². The van der Waals surface area contributed by atoms with E-state index < -0.39 is 0 Å². The highest BCUT2D eigenvalue weighted by Gasteiger charge is 2.25. The number of carbonyl (C=O) groups excluding carboxylic acids is 1. The van der Waals surface area contributed by atoms with Crippen molar-refractivity contribution >= 4 is 17.2 Å². The van der Waals surface area contributed by atoms with Crippen LogP contribution in [0.5, 0.6) is 5.75 Å². The Balaban J connectivity index is 1.88. The number of fused-ring (bicyclic) bond motifs is 1. The summed E-state index contributed by atoms with van der Waals surface area (Å²) in [4.78, 5) is 17.0. The van der Waals surface area contributed by atoms with Crippen molar-refractivity contribution < 1.29 is 13.9 Å². The Hall–Kier alpha value is -1.95. The van der Waals surface area contributed by atoms with Crippen LogP contribution in [0.4, 0.5) is 4.39 Å². The number of hydrogen-bond acceptors (Lipinski definition) is 4. The lowest BCUT2D eigenvalue weighted by Gasteiger charge is -2.18. The first-order valence-corrected chi connectivity index (χ1v) is 7.67. The second-order valence-electron chi connectivity index (χ2n) is 4.94. The second kappa shape index (κ2) is 5.81. The number of nitrogens with zero attached hydrogens (tertiary/aromatic N) is 1. The molecule has 2 heterocycles. The average molecular weight is 306 g/mol. The largest absolute Gasteiger partial charge is 0.490 e. The van der Waals surface area contributed by atoms with Crippen molar-refractivity contribution in [1.29, 1.82) is 0 Å². The van der Waals surface area contributed by atoms with Crippen molar-refractivity contribution in [1.82, 2.24) is 10.3 Å². The molecule has 110 valence electrons. The Labute approximate surface area is 126 Å². The summed E-state index contributed by atoms with van der Waals surface area (Å²) in [6.07, 6.45) is 1.49. The number of benzene rings is 1. The summed E-state index contributed by atoms with van der Waals surface area (Å²) < 4.78 is 19.3. The van der Waals surface area contributed by atoms with Crippen molar-refractivity contribution in [3.05, 3.63) is 45.7 Å². The molecule has 0 radical (unpaired) electrons. The number of aryl methyl sites for hydroxylation is 1. The van der Waals surface area contributed by atoms with Crippen molar-refractivity contribution in [3.63, 3.8) is 0 Å². The van der Waals surface area contributed by atoms with Crippen molar-refractivity contribution in [2.75, 3.05) is 6.61 Å². The summed E-state index contributed by atoms with van der Waals surface area (Å²) in [6, 6.07) is 4.57. The fourth-order valence-corrected chi connectivity index (χ4v) is 3.17. The van der Waals surface area contributed by atoms with Crippen molar-refractivity contribution in [2.24, 2.45) is 0 Å². The fourth-order valence-electron chi connectivity index (χ4n) is 2.46. The third-order valence-corrected chi connectivity index (χ3v) is 4.44. The molecular formula is C15H15FN2O2S. The van der Waals surface area contributed by atoms with E-state index in [0.717, 1.165) is 12.8 Å². The standard InChI is InChI=1S/C15H15FN2O2S/c1-9-14(21-8-17-9)15(19)18-12-6-3-7-20-13-10(12)4-2-5-11(13)16/h2,4-5,8,12H,3,6-7H2,1H3,(H,18,19)/t12-/m0/s1.